The maximum atomic E-state index is 11.7. The molecule has 1 atom stereocenters. The van der Waals surface area contributed by atoms with E-state index in [1.54, 1.807) is 0 Å². The summed E-state index contributed by atoms with van der Waals surface area (Å²) in [7, 11) is 0. The van der Waals surface area contributed by atoms with E-state index < -0.39 is 5.92 Å². The second kappa shape index (κ2) is 6.44. The van der Waals surface area contributed by atoms with Crippen molar-refractivity contribution in [1.29, 1.82) is 5.26 Å². The van der Waals surface area contributed by atoms with Crippen molar-refractivity contribution in [3.63, 3.8) is 0 Å². The highest BCUT2D eigenvalue weighted by molar-refractivity contribution is 5.81. The number of nitrogens with zero attached hydrogens (tertiary/aromatic N) is 1. The fraction of sp³-hybridized carbons (Fsp3) is 0.833. The molecule has 0 bridgehead atoms. The molecule has 15 heavy (non-hydrogen) atoms. The van der Waals surface area contributed by atoms with Gasteiger partial charge in [-0.05, 0) is 19.3 Å². The number of carbonyl (C=O) groups is 1. The van der Waals surface area contributed by atoms with Crippen molar-refractivity contribution in [2.24, 2.45) is 5.92 Å². The molecule has 0 aromatic rings. The second-order valence-corrected chi connectivity index (χ2v) is 4.31. The van der Waals surface area contributed by atoms with Gasteiger partial charge in [-0.2, -0.15) is 5.26 Å². The number of hydrogen-bond donors (Lipinski definition) is 1. The molecule has 1 amide bonds. The normalized spacial score (nSPS) is 19.2. The van der Waals surface area contributed by atoms with Crippen LogP contribution in [0.15, 0.2) is 0 Å². The number of hydrogen-bond acceptors (Lipinski definition) is 2. The van der Waals surface area contributed by atoms with Crippen molar-refractivity contribution in [3.8, 4) is 6.07 Å². The molecule has 3 nitrogen and oxygen atoms in total. The third kappa shape index (κ3) is 3.91. The van der Waals surface area contributed by atoms with Gasteiger partial charge in [0.1, 0.15) is 5.92 Å². The zero-order valence-corrected chi connectivity index (χ0v) is 9.46. The maximum absolute atomic E-state index is 11.7. The Morgan fingerprint density at radius 3 is 2.67 bits per heavy atom. The van der Waals surface area contributed by atoms with E-state index in [0.29, 0.717) is 12.5 Å². The van der Waals surface area contributed by atoms with E-state index in [1.165, 1.54) is 19.3 Å². The van der Waals surface area contributed by atoms with Gasteiger partial charge in [-0.3, -0.25) is 4.79 Å². The minimum absolute atomic E-state index is 0.0637. The van der Waals surface area contributed by atoms with Crippen LogP contribution < -0.4 is 5.32 Å². The molecular weight excluding hydrogens is 188 g/mol. The minimum atomic E-state index is -0.447. The number of nitrogens with one attached hydrogen (secondary N) is 1. The molecule has 0 saturated heterocycles. The summed E-state index contributed by atoms with van der Waals surface area (Å²) in [6, 6.07) is 2.40. The first kappa shape index (κ1) is 12.0. The van der Waals surface area contributed by atoms with Gasteiger partial charge in [0.25, 0.3) is 0 Å². The van der Waals surface area contributed by atoms with Gasteiger partial charge >= 0.3 is 0 Å². The average molecular weight is 208 g/mol. The van der Waals surface area contributed by atoms with Crippen LogP contribution in [-0.2, 0) is 4.79 Å². The minimum Gasteiger partial charge on any atom is -0.352 e. The molecule has 0 radical (unpaired) electrons. The first-order valence-electron chi connectivity index (χ1n) is 5.98. The second-order valence-electron chi connectivity index (χ2n) is 4.31. The Morgan fingerprint density at radius 2 is 2.13 bits per heavy atom. The summed E-state index contributed by atoms with van der Waals surface area (Å²) in [4.78, 5) is 11.7. The Hall–Kier alpha value is -1.04. The summed E-state index contributed by atoms with van der Waals surface area (Å²) in [6.45, 7) is 2.00. The summed E-state index contributed by atoms with van der Waals surface area (Å²) in [6.07, 6.45) is 7.41. The van der Waals surface area contributed by atoms with Gasteiger partial charge in [-0.1, -0.05) is 32.6 Å². The Bertz CT molecular complexity index is 238. The van der Waals surface area contributed by atoms with Crippen molar-refractivity contribution in [3.05, 3.63) is 0 Å². The monoisotopic (exact) mass is 208 g/mol. The van der Waals surface area contributed by atoms with Gasteiger partial charge in [0, 0.05) is 6.04 Å². The molecule has 0 aromatic carbocycles. The smallest absolute Gasteiger partial charge is 0.237 e. The van der Waals surface area contributed by atoms with E-state index in [2.05, 4.69) is 11.4 Å². The Morgan fingerprint density at radius 1 is 1.47 bits per heavy atom. The maximum Gasteiger partial charge on any atom is 0.237 e. The van der Waals surface area contributed by atoms with Crippen LogP contribution in [0.5, 0.6) is 0 Å². The van der Waals surface area contributed by atoms with Crippen LogP contribution >= 0.6 is 0 Å². The van der Waals surface area contributed by atoms with Crippen LogP contribution in [-0.4, -0.2) is 11.9 Å². The van der Waals surface area contributed by atoms with E-state index in [0.717, 1.165) is 19.3 Å². The molecule has 84 valence electrons. The number of amides is 1. The van der Waals surface area contributed by atoms with Crippen LogP contribution in [0.2, 0.25) is 0 Å². The zero-order chi connectivity index (χ0) is 11.1. The van der Waals surface area contributed by atoms with Crippen molar-refractivity contribution in [2.45, 2.75) is 57.9 Å². The Labute approximate surface area is 91.9 Å². The van der Waals surface area contributed by atoms with Crippen LogP contribution in [0, 0.1) is 17.2 Å². The highest BCUT2D eigenvalue weighted by Gasteiger charge is 2.21. The molecule has 1 rings (SSSR count). The van der Waals surface area contributed by atoms with Gasteiger partial charge in [-0.25, -0.2) is 0 Å². The SMILES string of the molecule is CCCC(C#N)C(=O)NC1CCCCC1. The number of rotatable bonds is 4. The largest absolute Gasteiger partial charge is 0.352 e. The van der Waals surface area contributed by atoms with Gasteiger partial charge < -0.3 is 5.32 Å². The van der Waals surface area contributed by atoms with Crippen LogP contribution in [0.4, 0.5) is 0 Å². The van der Waals surface area contributed by atoms with E-state index in [4.69, 9.17) is 5.26 Å². The summed E-state index contributed by atoms with van der Waals surface area (Å²) in [5.74, 6) is -0.511. The summed E-state index contributed by atoms with van der Waals surface area (Å²) in [5, 5.41) is 11.8. The molecule has 1 unspecified atom stereocenters. The Kier molecular flexibility index (Phi) is 5.17. The molecule has 1 N–H and O–H groups in total. The molecule has 0 spiro atoms. The molecule has 1 aliphatic rings. The zero-order valence-electron chi connectivity index (χ0n) is 9.46. The van der Waals surface area contributed by atoms with Crippen molar-refractivity contribution >= 4 is 5.91 Å². The topological polar surface area (TPSA) is 52.9 Å². The van der Waals surface area contributed by atoms with Gasteiger partial charge in [0.05, 0.1) is 6.07 Å². The lowest BCUT2D eigenvalue weighted by atomic mass is 9.94. The molecule has 3 heteroatoms. The molecule has 0 aliphatic heterocycles. The van der Waals surface area contributed by atoms with Crippen LogP contribution in [0.25, 0.3) is 0 Å². The van der Waals surface area contributed by atoms with Crippen LogP contribution in [0.1, 0.15) is 51.9 Å². The van der Waals surface area contributed by atoms with Crippen LogP contribution in [0.3, 0.4) is 0 Å². The predicted molar refractivity (Wildman–Crippen MR) is 59.0 cm³/mol. The van der Waals surface area contributed by atoms with Crippen molar-refractivity contribution in [2.75, 3.05) is 0 Å². The molecule has 1 fully saturated rings. The quantitative estimate of drug-likeness (QED) is 0.771. The predicted octanol–water partition coefficient (Wildman–Crippen LogP) is 2.38. The summed E-state index contributed by atoms with van der Waals surface area (Å²) in [5.41, 5.74) is 0. The lowest BCUT2D eigenvalue weighted by Crippen LogP contribution is -2.39. The lowest BCUT2D eigenvalue weighted by molar-refractivity contribution is -0.124. The molecule has 0 heterocycles. The summed E-state index contributed by atoms with van der Waals surface area (Å²) >= 11 is 0. The van der Waals surface area contributed by atoms with Gasteiger partial charge in [-0.15, -0.1) is 0 Å². The molecule has 0 aromatic heterocycles. The highest BCUT2D eigenvalue weighted by Crippen LogP contribution is 2.18. The van der Waals surface area contributed by atoms with E-state index >= 15 is 0 Å². The van der Waals surface area contributed by atoms with Gasteiger partial charge in [0.15, 0.2) is 0 Å². The summed E-state index contributed by atoms with van der Waals surface area (Å²) < 4.78 is 0. The van der Waals surface area contributed by atoms with Gasteiger partial charge in [0.2, 0.25) is 5.91 Å². The van der Waals surface area contributed by atoms with Crippen molar-refractivity contribution in [1.82, 2.24) is 5.32 Å². The first-order valence-corrected chi connectivity index (χ1v) is 5.98. The number of nitriles is 1. The molecular formula is C12H20N2O. The highest BCUT2D eigenvalue weighted by atomic mass is 16.1. The molecule has 1 aliphatic carbocycles. The van der Waals surface area contributed by atoms with Crippen molar-refractivity contribution < 1.29 is 4.79 Å². The fourth-order valence-electron chi connectivity index (χ4n) is 2.09. The standard InChI is InChI=1S/C12H20N2O/c1-2-6-10(9-13)12(15)14-11-7-4-3-5-8-11/h10-11H,2-8H2,1H3,(H,14,15). The third-order valence-corrected chi connectivity index (χ3v) is 3.00. The third-order valence-electron chi connectivity index (χ3n) is 3.00. The molecule has 1 saturated carbocycles. The van der Waals surface area contributed by atoms with E-state index in [1.807, 2.05) is 6.92 Å². The fourth-order valence-corrected chi connectivity index (χ4v) is 2.09. The number of carbonyl (C=O) groups excluding carboxylic acids is 1. The van der Waals surface area contributed by atoms with E-state index in [-0.39, 0.29) is 5.91 Å². The first-order chi connectivity index (χ1) is 7.27. The average Bonchev–Trinajstić information content (AvgIpc) is 2.27. The Balaban J connectivity index is 2.35. The lowest BCUT2D eigenvalue weighted by Gasteiger charge is -2.23. The van der Waals surface area contributed by atoms with E-state index in [9.17, 15) is 4.79 Å².